The van der Waals surface area contributed by atoms with Crippen LogP contribution in [0.3, 0.4) is 0 Å². The molecule has 0 amide bonds. The number of carbonyl (C=O) groups is 1. The van der Waals surface area contributed by atoms with Gasteiger partial charge in [-0.2, -0.15) is 0 Å². The van der Waals surface area contributed by atoms with Crippen molar-refractivity contribution < 1.29 is 9.86 Å². The van der Waals surface area contributed by atoms with Crippen LogP contribution in [-0.4, -0.2) is 23.7 Å². The van der Waals surface area contributed by atoms with Gasteiger partial charge in [0.1, 0.15) is 4.83 Å². The summed E-state index contributed by atoms with van der Waals surface area (Å²) in [6, 6.07) is 0. The molecule has 9 heavy (non-hydrogen) atoms. The van der Waals surface area contributed by atoms with Crippen LogP contribution >= 0.6 is 15.9 Å². The third-order valence-electron chi connectivity index (χ3n) is 1.41. The molecule has 0 aromatic rings. The Morgan fingerprint density at radius 1 is 1.78 bits per heavy atom. The summed E-state index contributed by atoms with van der Waals surface area (Å²) in [5.41, 5.74) is 0. The number of ketones is 1. The highest BCUT2D eigenvalue weighted by atomic mass is 79.9. The Labute approximate surface area is 61.7 Å². The second kappa shape index (κ2) is 2.77. The van der Waals surface area contributed by atoms with Gasteiger partial charge in [0.15, 0.2) is 5.78 Å². The maximum Gasteiger partial charge on any atom is 0.157 e. The summed E-state index contributed by atoms with van der Waals surface area (Å²) in [4.78, 5) is 10.5. The van der Waals surface area contributed by atoms with E-state index in [9.17, 15) is 10.0 Å². The number of carbonyl (C=O) groups excluding carboxylic acids is 1. The van der Waals surface area contributed by atoms with Crippen molar-refractivity contribution >= 4 is 21.7 Å². The topological polar surface area (TPSA) is 44.6 Å². The molecule has 1 aliphatic rings. The van der Waals surface area contributed by atoms with Gasteiger partial charge in [-0.3, -0.25) is 4.79 Å². The minimum atomic E-state index is -0.196. The van der Waals surface area contributed by atoms with Crippen LogP contribution in [0.25, 0.3) is 0 Å². The van der Waals surface area contributed by atoms with Crippen molar-refractivity contribution in [1.29, 1.82) is 0 Å². The third-order valence-corrected chi connectivity index (χ3v) is 2.24. The number of rotatable bonds is 0. The number of nitrogens with one attached hydrogen (secondary N) is 1. The molecule has 1 fully saturated rings. The van der Waals surface area contributed by atoms with Crippen molar-refractivity contribution in [2.75, 3.05) is 13.1 Å². The lowest BCUT2D eigenvalue weighted by molar-refractivity contribution is -0.848. The summed E-state index contributed by atoms with van der Waals surface area (Å²) >= 11 is 3.12. The molecule has 0 aromatic carbocycles. The predicted octanol–water partition coefficient (Wildman–Crippen LogP) is -0.895. The van der Waals surface area contributed by atoms with Crippen LogP contribution in [0.5, 0.6) is 0 Å². The maximum atomic E-state index is 10.7. The molecular weight excluding hydrogens is 186 g/mol. The van der Waals surface area contributed by atoms with Gasteiger partial charge in [0, 0.05) is 0 Å². The second-order valence-corrected chi connectivity index (χ2v) is 3.28. The van der Waals surface area contributed by atoms with Crippen LogP contribution in [0.2, 0.25) is 0 Å². The van der Waals surface area contributed by atoms with E-state index in [4.69, 9.17) is 0 Å². The summed E-state index contributed by atoms with van der Waals surface area (Å²) in [5.74, 6) is 0.162. The highest BCUT2D eigenvalue weighted by molar-refractivity contribution is 9.10. The lowest BCUT2D eigenvalue weighted by Crippen LogP contribution is -3.09. The van der Waals surface area contributed by atoms with E-state index in [0.717, 1.165) is 0 Å². The first kappa shape index (κ1) is 7.18. The summed E-state index contributed by atoms with van der Waals surface area (Å²) in [7, 11) is 0. The molecule has 4 heteroatoms. The van der Waals surface area contributed by atoms with E-state index in [0.29, 0.717) is 19.5 Å². The minimum absolute atomic E-state index is 0.162. The molecule has 1 N–H and O–H groups in total. The van der Waals surface area contributed by atoms with E-state index >= 15 is 0 Å². The number of quaternary nitrogens is 1. The van der Waals surface area contributed by atoms with Crippen molar-refractivity contribution in [3.63, 3.8) is 0 Å². The number of hydroxylamine groups is 2. The Kier molecular flexibility index (Phi) is 2.21. The average Bonchev–Trinajstić information content (AvgIpc) is 1.80. The van der Waals surface area contributed by atoms with Gasteiger partial charge < -0.3 is 10.3 Å². The van der Waals surface area contributed by atoms with Crippen molar-refractivity contribution in [2.24, 2.45) is 0 Å². The van der Waals surface area contributed by atoms with Gasteiger partial charge in [0.2, 0.25) is 0 Å². The van der Waals surface area contributed by atoms with Gasteiger partial charge in [-0.1, -0.05) is 15.9 Å². The van der Waals surface area contributed by atoms with E-state index in [1.165, 1.54) is 0 Å². The zero-order valence-corrected chi connectivity index (χ0v) is 6.48. The molecule has 2 atom stereocenters. The summed E-state index contributed by atoms with van der Waals surface area (Å²) < 4.78 is 0. The molecule has 0 bridgehead atoms. The molecule has 1 saturated heterocycles. The number of hydrogen-bond donors (Lipinski definition) is 1. The van der Waals surface area contributed by atoms with E-state index in [-0.39, 0.29) is 15.7 Å². The lowest BCUT2D eigenvalue weighted by Gasteiger charge is -2.28. The highest BCUT2D eigenvalue weighted by Gasteiger charge is 2.23. The number of Topliss-reactive ketones (excluding diaryl/α,β-unsaturated/α-hetero) is 1. The quantitative estimate of drug-likeness (QED) is 0.401. The first-order valence-electron chi connectivity index (χ1n) is 2.88. The van der Waals surface area contributed by atoms with Crippen LogP contribution in [-0.2, 0) is 4.79 Å². The average molecular weight is 194 g/mol. The number of hydrogen-bond acceptors (Lipinski definition) is 2. The van der Waals surface area contributed by atoms with Gasteiger partial charge in [0.25, 0.3) is 0 Å². The molecular formula is C5H8BrNO2. The van der Waals surface area contributed by atoms with Crippen molar-refractivity contribution in [1.82, 2.24) is 0 Å². The standard InChI is InChI=1S/C5H8BrNO2/c6-4-3-7(9)2-1-5(4)8/h4,7H,1-3H2. The van der Waals surface area contributed by atoms with Crippen LogP contribution in [0.4, 0.5) is 0 Å². The van der Waals surface area contributed by atoms with Crippen molar-refractivity contribution in [3.8, 4) is 0 Å². The van der Waals surface area contributed by atoms with Crippen molar-refractivity contribution in [2.45, 2.75) is 11.2 Å². The first-order valence-corrected chi connectivity index (χ1v) is 3.80. The van der Waals surface area contributed by atoms with Crippen LogP contribution in [0.15, 0.2) is 0 Å². The molecule has 0 saturated carbocycles. The fraction of sp³-hybridized carbons (Fsp3) is 0.800. The molecule has 1 heterocycles. The fourth-order valence-electron chi connectivity index (χ4n) is 0.835. The van der Waals surface area contributed by atoms with Crippen LogP contribution in [0, 0.1) is 5.21 Å². The largest absolute Gasteiger partial charge is 0.634 e. The molecule has 0 aromatic heterocycles. The number of halogens is 1. The molecule has 1 aliphatic heterocycles. The summed E-state index contributed by atoms with van der Waals surface area (Å²) in [6.45, 7) is 0.833. The highest BCUT2D eigenvalue weighted by Crippen LogP contribution is 2.03. The number of piperidine rings is 1. The molecule has 2 unspecified atom stereocenters. The Hall–Kier alpha value is 0.0700. The fourth-order valence-corrected chi connectivity index (χ4v) is 1.43. The third kappa shape index (κ3) is 1.74. The Bertz CT molecular complexity index is 128. The second-order valence-electron chi connectivity index (χ2n) is 2.18. The molecule has 0 radical (unpaired) electrons. The van der Waals surface area contributed by atoms with Gasteiger partial charge in [-0.25, -0.2) is 0 Å². The van der Waals surface area contributed by atoms with E-state index in [2.05, 4.69) is 15.9 Å². The van der Waals surface area contributed by atoms with Crippen LogP contribution < -0.4 is 5.06 Å². The zero-order valence-electron chi connectivity index (χ0n) is 4.89. The monoisotopic (exact) mass is 193 g/mol. The maximum absolute atomic E-state index is 10.7. The smallest absolute Gasteiger partial charge is 0.157 e. The molecule has 0 aliphatic carbocycles. The van der Waals surface area contributed by atoms with Crippen LogP contribution in [0.1, 0.15) is 6.42 Å². The SMILES string of the molecule is O=C1CC[NH+]([O-])CC1Br. The lowest BCUT2D eigenvalue weighted by atomic mass is 10.1. The molecule has 52 valence electrons. The van der Waals surface area contributed by atoms with E-state index < -0.39 is 0 Å². The minimum Gasteiger partial charge on any atom is -0.634 e. The summed E-state index contributed by atoms with van der Waals surface area (Å²) in [6.07, 6.45) is 0.425. The zero-order chi connectivity index (χ0) is 6.85. The predicted molar refractivity (Wildman–Crippen MR) is 36.4 cm³/mol. The summed E-state index contributed by atoms with van der Waals surface area (Å²) in [5, 5.41) is 10.8. The molecule has 1 rings (SSSR count). The molecule has 3 nitrogen and oxygen atoms in total. The molecule has 0 spiro atoms. The Morgan fingerprint density at radius 3 is 2.89 bits per heavy atom. The Balaban J connectivity index is 2.44. The number of alkyl halides is 1. The van der Waals surface area contributed by atoms with Gasteiger partial charge in [0.05, 0.1) is 19.5 Å². The van der Waals surface area contributed by atoms with Gasteiger partial charge in [-0.05, 0) is 0 Å². The first-order chi connectivity index (χ1) is 4.20. The van der Waals surface area contributed by atoms with E-state index in [1.807, 2.05) is 0 Å². The van der Waals surface area contributed by atoms with Crippen molar-refractivity contribution in [3.05, 3.63) is 5.21 Å². The van der Waals surface area contributed by atoms with E-state index in [1.54, 1.807) is 0 Å². The van der Waals surface area contributed by atoms with Gasteiger partial charge in [-0.15, -0.1) is 0 Å². The normalized spacial score (nSPS) is 36.9. The van der Waals surface area contributed by atoms with Gasteiger partial charge >= 0.3 is 0 Å². The Morgan fingerprint density at radius 2 is 2.44 bits per heavy atom.